The molecule has 2 aliphatic rings. The van der Waals surface area contributed by atoms with Crippen molar-refractivity contribution in [3.05, 3.63) is 29.8 Å². The molecule has 6 heteroatoms. The second-order valence-electron chi connectivity index (χ2n) is 6.26. The van der Waals surface area contributed by atoms with Crippen LogP contribution in [0.15, 0.2) is 24.3 Å². The fourth-order valence-corrected chi connectivity index (χ4v) is 3.32. The largest absolute Gasteiger partial charge is 0.497 e. The lowest BCUT2D eigenvalue weighted by molar-refractivity contribution is -0.141. The molecule has 1 unspecified atom stereocenters. The second-order valence-corrected chi connectivity index (χ2v) is 6.26. The van der Waals surface area contributed by atoms with Gasteiger partial charge in [0.15, 0.2) is 0 Å². The van der Waals surface area contributed by atoms with E-state index in [2.05, 4.69) is 0 Å². The lowest BCUT2D eigenvalue weighted by Crippen LogP contribution is -2.49. The van der Waals surface area contributed by atoms with Gasteiger partial charge in [-0.25, -0.2) is 0 Å². The van der Waals surface area contributed by atoms with Crippen LogP contribution in [0.5, 0.6) is 5.75 Å². The molecule has 2 amide bonds. The van der Waals surface area contributed by atoms with Gasteiger partial charge in [-0.15, -0.1) is 0 Å². The van der Waals surface area contributed by atoms with Gasteiger partial charge in [-0.05, 0) is 37.1 Å². The number of likely N-dealkylation sites (tertiary alicyclic amines) is 1. The third kappa shape index (κ3) is 3.70. The van der Waals surface area contributed by atoms with E-state index in [1.807, 2.05) is 4.90 Å². The molecule has 0 spiro atoms. The van der Waals surface area contributed by atoms with Crippen LogP contribution in [0.25, 0.3) is 0 Å². The van der Waals surface area contributed by atoms with Crippen molar-refractivity contribution >= 4 is 11.8 Å². The zero-order chi connectivity index (χ0) is 16.9. The molecule has 1 aromatic carbocycles. The van der Waals surface area contributed by atoms with Crippen molar-refractivity contribution in [1.82, 2.24) is 9.80 Å². The third-order valence-corrected chi connectivity index (χ3v) is 4.72. The predicted molar refractivity (Wildman–Crippen MR) is 89.0 cm³/mol. The van der Waals surface area contributed by atoms with E-state index < -0.39 is 0 Å². The number of nitrogens with zero attached hydrogens (tertiary/aromatic N) is 2. The maximum Gasteiger partial charge on any atom is 0.253 e. The van der Waals surface area contributed by atoms with Crippen LogP contribution in [-0.4, -0.2) is 68.1 Å². The van der Waals surface area contributed by atoms with Gasteiger partial charge >= 0.3 is 0 Å². The van der Waals surface area contributed by atoms with Gasteiger partial charge in [0.2, 0.25) is 5.91 Å². The van der Waals surface area contributed by atoms with Crippen LogP contribution < -0.4 is 4.74 Å². The Hall–Kier alpha value is -2.08. The maximum absolute atomic E-state index is 12.7. The molecule has 130 valence electrons. The topological polar surface area (TPSA) is 59.1 Å². The maximum atomic E-state index is 12.7. The number of hydrogen-bond acceptors (Lipinski definition) is 4. The molecule has 0 bridgehead atoms. The zero-order valence-corrected chi connectivity index (χ0v) is 14.1. The summed E-state index contributed by atoms with van der Waals surface area (Å²) in [7, 11) is 1.60. The van der Waals surface area contributed by atoms with E-state index >= 15 is 0 Å². The molecule has 24 heavy (non-hydrogen) atoms. The normalized spacial score (nSPS) is 21.5. The van der Waals surface area contributed by atoms with Gasteiger partial charge in [-0.3, -0.25) is 9.59 Å². The quantitative estimate of drug-likeness (QED) is 0.840. The molecule has 3 rings (SSSR count). The fraction of sp³-hybridized carbons (Fsp3) is 0.556. The summed E-state index contributed by atoms with van der Waals surface area (Å²) in [6, 6.07) is 7.12. The second kappa shape index (κ2) is 7.66. The number of carbonyl (C=O) groups excluding carboxylic acids is 2. The number of morpholine rings is 1. The Kier molecular flexibility index (Phi) is 5.35. The molecular weight excluding hydrogens is 308 g/mol. The minimum Gasteiger partial charge on any atom is -0.497 e. The zero-order valence-electron chi connectivity index (χ0n) is 14.1. The Bertz CT molecular complexity index is 581. The Morgan fingerprint density at radius 2 is 1.79 bits per heavy atom. The molecular formula is C18H24N2O4. The Labute approximate surface area is 142 Å². The molecule has 2 heterocycles. The first-order valence-electron chi connectivity index (χ1n) is 8.49. The molecule has 0 radical (unpaired) electrons. The number of methoxy groups -OCH3 is 1. The standard InChI is InChI=1S/C18H24N2O4/c1-23-16-6-4-14(5-7-16)17(21)20-8-2-3-15(13-20)18(22)19-9-11-24-12-10-19/h4-7,15H,2-3,8-13H2,1H3. The predicted octanol–water partition coefficient (Wildman–Crippen LogP) is 1.41. The van der Waals surface area contributed by atoms with E-state index in [1.165, 1.54) is 0 Å². The summed E-state index contributed by atoms with van der Waals surface area (Å²) < 4.78 is 10.4. The van der Waals surface area contributed by atoms with E-state index in [-0.39, 0.29) is 17.7 Å². The smallest absolute Gasteiger partial charge is 0.253 e. The van der Waals surface area contributed by atoms with Gasteiger partial charge in [0.25, 0.3) is 5.91 Å². The van der Waals surface area contributed by atoms with Crippen LogP contribution in [0.2, 0.25) is 0 Å². The van der Waals surface area contributed by atoms with Gasteiger partial charge in [0.1, 0.15) is 5.75 Å². The summed E-state index contributed by atoms with van der Waals surface area (Å²) in [6.07, 6.45) is 1.71. The molecule has 2 fully saturated rings. The van der Waals surface area contributed by atoms with E-state index in [4.69, 9.17) is 9.47 Å². The van der Waals surface area contributed by atoms with E-state index in [0.717, 1.165) is 18.6 Å². The van der Waals surface area contributed by atoms with E-state index in [9.17, 15) is 9.59 Å². The van der Waals surface area contributed by atoms with Crippen molar-refractivity contribution < 1.29 is 19.1 Å². The van der Waals surface area contributed by atoms with Crippen LogP contribution in [0.3, 0.4) is 0 Å². The molecule has 2 saturated heterocycles. The van der Waals surface area contributed by atoms with Gasteiger partial charge in [0, 0.05) is 31.7 Å². The highest BCUT2D eigenvalue weighted by atomic mass is 16.5. The van der Waals surface area contributed by atoms with Gasteiger partial charge < -0.3 is 19.3 Å². The summed E-state index contributed by atoms with van der Waals surface area (Å²) in [5.74, 6) is 0.771. The highest BCUT2D eigenvalue weighted by molar-refractivity contribution is 5.94. The number of rotatable bonds is 3. The van der Waals surface area contributed by atoms with Crippen LogP contribution in [0, 0.1) is 5.92 Å². The van der Waals surface area contributed by atoms with Crippen LogP contribution >= 0.6 is 0 Å². The highest BCUT2D eigenvalue weighted by Crippen LogP contribution is 2.22. The first kappa shape index (κ1) is 16.8. The molecule has 2 aliphatic heterocycles. The Morgan fingerprint density at radius 3 is 2.46 bits per heavy atom. The van der Waals surface area contributed by atoms with Crippen LogP contribution in [0.4, 0.5) is 0 Å². The molecule has 0 aromatic heterocycles. The molecule has 0 N–H and O–H groups in total. The summed E-state index contributed by atoms with van der Waals surface area (Å²) in [6.45, 7) is 3.72. The van der Waals surface area contributed by atoms with Gasteiger partial charge in [0.05, 0.1) is 26.2 Å². The van der Waals surface area contributed by atoms with Crippen molar-refractivity contribution in [3.63, 3.8) is 0 Å². The van der Waals surface area contributed by atoms with Gasteiger partial charge in [-0.1, -0.05) is 0 Å². The molecule has 6 nitrogen and oxygen atoms in total. The van der Waals surface area contributed by atoms with Crippen molar-refractivity contribution in [2.75, 3.05) is 46.5 Å². The van der Waals surface area contributed by atoms with E-state index in [1.54, 1.807) is 36.3 Å². The first-order valence-corrected chi connectivity index (χ1v) is 8.49. The lowest BCUT2D eigenvalue weighted by atomic mass is 9.95. The van der Waals surface area contributed by atoms with Gasteiger partial charge in [-0.2, -0.15) is 0 Å². The Balaban J connectivity index is 1.63. The minimum absolute atomic E-state index is 0.0165. The molecule has 1 atom stereocenters. The Morgan fingerprint density at radius 1 is 1.08 bits per heavy atom. The fourth-order valence-electron chi connectivity index (χ4n) is 3.32. The third-order valence-electron chi connectivity index (χ3n) is 4.72. The number of benzene rings is 1. The SMILES string of the molecule is COc1ccc(C(=O)N2CCCC(C(=O)N3CCOCC3)C2)cc1. The number of carbonyl (C=O) groups is 2. The first-order chi connectivity index (χ1) is 11.7. The van der Waals surface area contributed by atoms with Crippen LogP contribution in [-0.2, 0) is 9.53 Å². The molecule has 0 saturated carbocycles. The van der Waals surface area contributed by atoms with Crippen LogP contribution in [0.1, 0.15) is 23.2 Å². The summed E-state index contributed by atoms with van der Waals surface area (Å²) in [5, 5.41) is 0. The molecule has 0 aliphatic carbocycles. The number of hydrogen-bond donors (Lipinski definition) is 0. The molecule has 1 aromatic rings. The van der Waals surface area contributed by atoms with Crippen molar-refractivity contribution in [3.8, 4) is 5.75 Å². The highest BCUT2D eigenvalue weighted by Gasteiger charge is 2.32. The van der Waals surface area contributed by atoms with Crippen molar-refractivity contribution in [1.29, 1.82) is 0 Å². The summed E-state index contributed by atoms with van der Waals surface area (Å²) in [4.78, 5) is 29.0. The number of ether oxygens (including phenoxy) is 2. The average molecular weight is 332 g/mol. The number of piperidine rings is 1. The average Bonchev–Trinajstić information content (AvgIpc) is 2.67. The number of amides is 2. The van der Waals surface area contributed by atoms with Crippen molar-refractivity contribution in [2.24, 2.45) is 5.92 Å². The van der Waals surface area contributed by atoms with Crippen molar-refractivity contribution in [2.45, 2.75) is 12.8 Å². The summed E-state index contributed by atoms with van der Waals surface area (Å²) >= 11 is 0. The minimum atomic E-state index is -0.0981. The lowest BCUT2D eigenvalue weighted by Gasteiger charge is -2.36. The summed E-state index contributed by atoms with van der Waals surface area (Å²) in [5.41, 5.74) is 0.635. The van der Waals surface area contributed by atoms with E-state index in [0.29, 0.717) is 45.0 Å². The monoisotopic (exact) mass is 332 g/mol.